The van der Waals surface area contributed by atoms with Gasteiger partial charge in [0.2, 0.25) is 0 Å². The van der Waals surface area contributed by atoms with Gasteiger partial charge in [-0.1, -0.05) is 12.1 Å². The second-order valence-electron chi connectivity index (χ2n) is 5.38. The average molecular weight is 333 g/mol. The number of halogens is 1. The van der Waals surface area contributed by atoms with Crippen LogP contribution >= 0.6 is 0 Å². The van der Waals surface area contributed by atoms with Crippen LogP contribution in [-0.2, 0) is 23.9 Å². The van der Waals surface area contributed by atoms with Crippen molar-refractivity contribution in [1.82, 2.24) is 14.5 Å². The highest BCUT2D eigenvalue weighted by atomic mass is 32.2. The van der Waals surface area contributed by atoms with Crippen molar-refractivity contribution in [3.63, 3.8) is 0 Å². The summed E-state index contributed by atoms with van der Waals surface area (Å²) in [4.78, 5) is 0. The Kier molecular flexibility index (Phi) is 2.94. The van der Waals surface area contributed by atoms with Gasteiger partial charge in [0, 0.05) is 36.3 Å². The highest BCUT2D eigenvalue weighted by Crippen LogP contribution is 2.37. The van der Waals surface area contributed by atoms with Crippen LogP contribution in [0.25, 0.3) is 22.0 Å². The summed E-state index contributed by atoms with van der Waals surface area (Å²) in [5.74, 6) is -0.301. The van der Waals surface area contributed by atoms with Crippen molar-refractivity contribution in [2.24, 2.45) is 7.05 Å². The third kappa shape index (κ3) is 2.45. The Morgan fingerprint density at radius 1 is 1.30 bits per heavy atom. The van der Waals surface area contributed by atoms with Gasteiger partial charge in [-0.3, -0.25) is 4.68 Å². The Morgan fingerprint density at radius 3 is 2.96 bits per heavy atom. The fraction of sp³-hybridized carbons (Fsp3) is 0.133. The Hall–Kier alpha value is -2.45. The number of hydrogen-bond donors (Lipinski definition) is 1. The lowest BCUT2D eigenvalue weighted by Crippen LogP contribution is -2.32. The summed E-state index contributed by atoms with van der Waals surface area (Å²) in [6, 6.07) is 7.95. The zero-order chi connectivity index (χ0) is 16.2. The fourth-order valence-electron chi connectivity index (χ4n) is 2.71. The number of aryl methyl sites for hydroxylation is 1. The summed E-state index contributed by atoms with van der Waals surface area (Å²) >= 11 is 0. The third-order valence-corrected chi connectivity index (χ3v) is 4.58. The van der Waals surface area contributed by atoms with E-state index in [-0.39, 0.29) is 12.3 Å². The van der Waals surface area contributed by atoms with E-state index in [4.69, 9.17) is 4.18 Å². The molecule has 0 saturated carbocycles. The molecule has 0 aliphatic carbocycles. The Balaban J connectivity index is 1.95. The van der Waals surface area contributed by atoms with E-state index in [2.05, 4.69) is 9.82 Å². The molecule has 0 spiro atoms. The van der Waals surface area contributed by atoms with Crippen LogP contribution in [0.5, 0.6) is 5.75 Å². The van der Waals surface area contributed by atoms with Crippen molar-refractivity contribution in [2.45, 2.75) is 6.54 Å². The van der Waals surface area contributed by atoms with E-state index >= 15 is 0 Å². The second-order valence-corrected chi connectivity index (χ2v) is 6.74. The van der Waals surface area contributed by atoms with Crippen molar-refractivity contribution < 1.29 is 17.0 Å². The first-order valence-electron chi connectivity index (χ1n) is 6.86. The molecule has 2 heterocycles. The number of rotatable bonds is 1. The number of nitrogens with one attached hydrogen (secondary N) is 1. The maximum Gasteiger partial charge on any atom is 0.382 e. The van der Waals surface area contributed by atoms with Gasteiger partial charge in [-0.15, -0.1) is 0 Å². The molecule has 1 aliphatic heterocycles. The molecule has 1 N–H and O–H groups in total. The third-order valence-electron chi connectivity index (χ3n) is 3.70. The lowest BCUT2D eigenvalue weighted by molar-refractivity contribution is 0.452. The van der Waals surface area contributed by atoms with Crippen LogP contribution in [0.4, 0.5) is 4.39 Å². The molecule has 6 nitrogen and oxygen atoms in total. The second kappa shape index (κ2) is 4.77. The minimum atomic E-state index is -3.87. The number of fused-ring (bicyclic) bond motifs is 2. The van der Waals surface area contributed by atoms with E-state index in [0.717, 1.165) is 10.9 Å². The average Bonchev–Trinajstić information content (AvgIpc) is 2.85. The van der Waals surface area contributed by atoms with Crippen molar-refractivity contribution in [2.75, 3.05) is 0 Å². The molecule has 0 unspecified atom stereocenters. The molecule has 2 aromatic carbocycles. The maximum atomic E-state index is 13.9. The van der Waals surface area contributed by atoms with Crippen LogP contribution in [0.1, 0.15) is 5.56 Å². The molecule has 3 aromatic rings. The van der Waals surface area contributed by atoms with Gasteiger partial charge in [0.1, 0.15) is 5.82 Å². The number of hydrogen-bond acceptors (Lipinski definition) is 4. The molecular weight excluding hydrogens is 321 g/mol. The Morgan fingerprint density at radius 2 is 2.13 bits per heavy atom. The van der Waals surface area contributed by atoms with E-state index in [1.165, 1.54) is 12.1 Å². The topological polar surface area (TPSA) is 73.2 Å². The molecular formula is C15H12FN3O3S. The van der Waals surface area contributed by atoms with Crippen LogP contribution in [0.2, 0.25) is 0 Å². The molecule has 4 rings (SSSR count). The van der Waals surface area contributed by atoms with E-state index in [1.807, 2.05) is 19.3 Å². The fourth-order valence-corrected chi connectivity index (χ4v) is 3.51. The van der Waals surface area contributed by atoms with Crippen LogP contribution in [-0.4, -0.2) is 18.2 Å². The normalized spacial score (nSPS) is 16.1. The highest BCUT2D eigenvalue weighted by molar-refractivity contribution is 7.85. The summed E-state index contributed by atoms with van der Waals surface area (Å²) in [7, 11) is -2.06. The van der Waals surface area contributed by atoms with Crippen LogP contribution < -0.4 is 8.91 Å². The molecule has 0 saturated heterocycles. The minimum Gasteiger partial charge on any atom is -0.370 e. The first-order chi connectivity index (χ1) is 10.9. The number of nitrogens with zero attached hydrogens (tertiary/aromatic N) is 2. The highest BCUT2D eigenvalue weighted by Gasteiger charge is 2.26. The van der Waals surface area contributed by atoms with E-state index in [1.54, 1.807) is 16.8 Å². The summed E-state index contributed by atoms with van der Waals surface area (Å²) < 4.78 is 46.2. The Labute approximate surface area is 131 Å². The van der Waals surface area contributed by atoms with Gasteiger partial charge in [0.05, 0.1) is 5.52 Å². The molecule has 0 amide bonds. The largest absolute Gasteiger partial charge is 0.382 e. The van der Waals surface area contributed by atoms with Crippen LogP contribution in [0.3, 0.4) is 0 Å². The smallest absolute Gasteiger partial charge is 0.370 e. The van der Waals surface area contributed by atoms with Crippen molar-refractivity contribution in [3.05, 3.63) is 47.9 Å². The molecule has 1 aliphatic rings. The van der Waals surface area contributed by atoms with E-state index in [9.17, 15) is 12.8 Å². The molecule has 0 fully saturated rings. The number of aromatic nitrogens is 2. The van der Waals surface area contributed by atoms with Gasteiger partial charge in [-0.25, -0.2) is 4.39 Å². The van der Waals surface area contributed by atoms with Gasteiger partial charge in [0.25, 0.3) is 0 Å². The van der Waals surface area contributed by atoms with E-state index in [0.29, 0.717) is 16.7 Å². The molecule has 0 radical (unpaired) electrons. The Bertz CT molecular complexity index is 1040. The van der Waals surface area contributed by atoms with Gasteiger partial charge < -0.3 is 4.18 Å². The monoisotopic (exact) mass is 333 g/mol. The zero-order valence-corrected chi connectivity index (χ0v) is 12.9. The first kappa shape index (κ1) is 14.2. The van der Waals surface area contributed by atoms with Gasteiger partial charge >= 0.3 is 10.3 Å². The predicted octanol–water partition coefficient (Wildman–Crippen LogP) is 2.11. The maximum absolute atomic E-state index is 13.9. The standard InChI is InChI=1S/C15H12FN3O3S/c1-19-8-10-3-2-9(5-14(10)18-19)13-6-12(16)4-11-7-17-23(20,21)22-15(11)13/h2-6,8,17H,7H2,1H3. The molecule has 23 heavy (non-hydrogen) atoms. The minimum absolute atomic E-state index is 0.00570. The van der Waals surface area contributed by atoms with Gasteiger partial charge in [-0.05, 0) is 23.8 Å². The van der Waals surface area contributed by atoms with Crippen LogP contribution in [0.15, 0.2) is 36.5 Å². The quantitative estimate of drug-likeness (QED) is 0.740. The van der Waals surface area contributed by atoms with Gasteiger partial charge in [-0.2, -0.15) is 18.2 Å². The molecule has 118 valence electrons. The summed E-state index contributed by atoms with van der Waals surface area (Å²) in [6.45, 7) is -0.00570. The first-order valence-corrected chi connectivity index (χ1v) is 8.27. The van der Waals surface area contributed by atoms with Crippen LogP contribution in [0, 0.1) is 5.82 Å². The summed E-state index contributed by atoms with van der Waals surface area (Å²) in [5.41, 5.74) is 2.22. The summed E-state index contributed by atoms with van der Waals surface area (Å²) in [5, 5.41) is 5.26. The van der Waals surface area contributed by atoms with Crippen molar-refractivity contribution in [3.8, 4) is 16.9 Å². The molecule has 8 heteroatoms. The molecule has 0 atom stereocenters. The predicted molar refractivity (Wildman–Crippen MR) is 82.5 cm³/mol. The van der Waals surface area contributed by atoms with Crippen molar-refractivity contribution in [1.29, 1.82) is 0 Å². The zero-order valence-electron chi connectivity index (χ0n) is 12.1. The van der Waals surface area contributed by atoms with Crippen molar-refractivity contribution >= 4 is 21.2 Å². The lowest BCUT2D eigenvalue weighted by Gasteiger charge is -2.20. The van der Waals surface area contributed by atoms with Gasteiger partial charge in [0.15, 0.2) is 5.75 Å². The lowest BCUT2D eigenvalue weighted by atomic mass is 10.00. The molecule has 0 bridgehead atoms. The number of benzene rings is 2. The molecule has 1 aromatic heterocycles. The SMILES string of the molecule is Cn1cc2ccc(-c3cc(F)cc4c3OS(=O)(=O)NC4)cc2n1. The summed E-state index contributed by atoms with van der Waals surface area (Å²) in [6.07, 6.45) is 1.87. The van der Waals surface area contributed by atoms with E-state index < -0.39 is 16.1 Å².